The fourth-order valence-corrected chi connectivity index (χ4v) is 1.18. The molecule has 0 aliphatic rings. The van der Waals surface area contributed by atoms with Gasteiger partial charge in [-0.25, -0.2) is 4.98 Å². The lowest BCUT2D eigenvalue weighted by Crippen LogP contribution is -2.28. The quantitative estimate of drug-likeness (QED) is 0.847. The van der Waals surface area contributed by atoms with Crippen LogP contribution in [0.1, 0.15) is 34.6 Å². The zero-order chi connectivity index (χ0) is 13.1. The van der Waals surface area contributed by atoms with Gasteiger partial charge in [-0.1, -0.05) is 26.8 Å². The van der Waals surface area contributed by atoms with Crippen LogP contribution in [0.25, 0.3) is 0 Å². The highest BCUT2D eigenvalue weighted by molar-refractivity contribution is 5.93. The Kier molecular flexibility index (Phi) is 4.10. The molecule has 0 saturated carbocycles. The summed E-state index contributed by atoms with van der Waals surface area (Å²) in [5.41, 5.74) is -0.414. The number of rotatable bonds is 3. The van der Waals surface area contributed by atoms with E-state index >= 15 is 0 Å². The Labute approximate surface area is 103 Å². The first kappa shape index (κ1) is 13.5. The predicted molar refractivity (Wildman–Crippen MR) is 71.1 cm³/mol. The summed E-state index contributed by atoms with van der Waals surface area (Å²) in [6, 6.07) is 5.86. The van der Waals surface area contributed by atoms with Gasteiger partial charge in [0.05, 0.1) is 0 Å². The van der Waals surface area contributed by atoms with Crippen molar-refractivity contribution in [3.05, 3.63) is 18.2 Å². The minimum Gasteiger partial charge on any atom is -0.368 e. The fourth-order valence-electron chi connectivity index (χ4n) is 1.18. The lowest BCUT2D eigenvalue weighted by molar-refractivity contribution is -0.123. The summed E-state index contributed by atoms with van der Waals surface area (Å²) < 4.78 is 0. The number of aromatic nitrogens is 1. The maximum Gasteiger partial charge on any atom is 0.230 e. The molecule has 0 aliphatic heterocycles. The first-order valence-corrected chi connectivity index (χ1v) is 5.84. The summed E-state index contributed by atoms with van der Waals surface area (Å²) >= 11 is 0. The standard InChI is InChI=1S/C13H21N3O/c1-9(2)14-10-7-6-8-11(15-10)16-12(17)13(3,4)5/h6-9H,1-5H3,(H2,14,15,16,17). The predicted octanol–water partition coefficient (Wildman–Crippen LogP) is 2.89. The van der Waals surface area contributed by atoms with E-state index in [2.05, 4.69) is 15.6 Å². The number of hydrogen-bond acceptors (Lipinski definition) is 3. The Morgan fingerprint density at radius 1 is 1.24 bits per heavy atom. The van der Waals surface area contributed by atoms with Crippen LogP contribution in [-0.4, -0.2) is 16.9 Å². The summed E-state index contributed by atoms with van der Waals surface area (Å²) in [7, 11) is 0. The first-order valence-electron chi connectivity index (χ1n) is 5.84. The molecule has 1 rings (SSSR count). The van der Waals surface area contributed by atoms with Crippen molar-refractivity contribution in [1.82, 2.24) is 4.98 Å². The third kappa shape index (κ3) is 4.43. The second kappa shape index (κ2) is 5.17. The normalized spacial score (nSPS) is 11.4. The topological polar surface area (TPSA) is 54.0 Å². The Hall–Kier alpha value is -1.58. The number of nitrogens with zero attached hydrogens (tertiary/aromatic N) is 1. The van der Waals surface area contributed by atoms with Crippen molar-refractivity contribution in [3.63, 3.8) is 0 Å². The molecule has 0 unspecified atom stereocenters. The SMILES string of the molecule is CC(C)Nc1cccc(NC(=O)C(C)(C)C)n1. The van der Waals surface area contributed by atoms with Gasteiger partial charge in [-0.15, -0.1) is 0 Å². The van der Waals surface area contributed by atoms with Crippen molar-refractivity contribution in [2.24, 2.45) is 5.41 Å². The van der Waals surface area contributed by atoms with Gasteiger partial charge in [0, 0.05) is 11.5 Å². The smallest absolute Gasteiger partial charge is 0.230 e. The fraction of sp³-hybridized carbons (Fsp3) is 0.538. The highest BCUT2D eigenvalue weighted by Crippen LogP contribution is 2.17. The molecule has 0 fully saturated rings. The van der Waals surface area contributed by atoms with Crippen molar-refractivity contribution >= 4 is 17.5 Å². The Morgan fingerprint density at radius 2 is 1.82 bits per heavy atom. The van der Waals surface area contributed by atoms with Gasteiger partial charge in [0.2, 0.25) is 5.91 Å². The molecular formula is C13H21N3O. The van der Waals surface area contributed by atoms with Crippen LogP contribution in [0, 0.1) is 5.41 Å². The number of hydrogen-bond donors (Lipinski definition) is 2. The van der Waals surface area contributed by atoms with E-state index in [1.54, 1.807) is 6.07 Å². The lowest BCUT2D eigenvalue weighted by atomic mass is 9.96. The second-order valence-corrected chi connectivity index (χ2v) is 5.41. The molecule has 0 radical (unpaired) electrons. The molecule has 4 heteroatoms. The number of nitrogens with one attached hydrogen (secondary N) is 2. The Bertz CT molecular complexity index is 394. The molecule has 0 bridgehead atoms. The van der Waals surface area contributed by atoms with Gasteiger partial charge in [-0.3, -0.25) is 4.79 Å². The van der Waals surface area contributed by atoms with E-state index in [-0.39, 0.29) is 5.91 Å². The number of anilines is 2. The summed E-state index contributed by atoms with van der Waals surface area (Å²) in [5.74, 6) is 1.31. The highest BCUT2D eigenvalue weighted by Gasteiger charge is 2.21. The van der Waals surface area contributed by atoms with E-state index in [9.17, 15) is 4.79 Å². The molecule has 1 aromatic rings. The van der Waals surface area contributed by atoms with Gasteiger partial charge in [-0.2, -0.15) is 0 Å². The van der Waals surface area contributed by atoms with Crippen molar-refractivity contribution in [3.8, 4) is 0 Å². The molecule has 0 saturated heterocycles. The first-order chi connectivity index (χ1) is 7.79. The molecule has 94 valence electrons. The highest BCUT2D eigenvalue weighted by atomic mass is 16.2. The van der Waals surface area contributed by atoms with E-state index in [0.717, 1.165) is 5.82 Å². The Balaban J connectivity index is 2.76. The van der Waals surface area contributed by atoms with Gasteiger partial charge in [-0.05, 0) is 26.0 Å². The third-order valence-electron chi connectivity index (χ3n) is 2.11. The molecular weight excluding hydrogens is 214 g/mol. The van der Waals surface area contributed by atoms with Crippen molar-refractivity contribution in [1.29, 1.82) is 0 Å². The summed E-state index contributed by atoms with van der Waals surface area (Å²) in [6.45, 7) is 9.71. The van der Waals surface area contributed by atoms with Gasteiger partial charge >= 0.3 is 0 Å². The summed E-state index contributed by atoms with van der Waals surface area (Å²) in [6.07, 6.45) is 0. The van der Waals surface area contributed by atoms with Crippen LogP contribution in [0.3, 0.4) is 0 Å². The maximum atomic E-state index is 11.8. The lowest BCUT2D eigenvalue weighted by Gasteiger charge is -2.17. The van der Waals surface area contributed by atoms with Crippen LogP contribution in [0.5, 0.6) is 0 Å². The molecule has 2 N–H and O–H groups in total. The van der Waals surface area contributed by atoms with Gasteiger partial charge < -0.3 is 10.6 Å². The third-order valence-corrected chi connectivity index (χ3v) is 2.11. The molecule has 0 atom stereocenters. The van der Waals surface area contributed by atoms with Crippen molar-refractivity contribution in [2.45, 2.75) is 40.7 Å². The van der Waals surface area contributed by atoms with E-state index in [1.807, 2.05) is 46.8 Å². The average molecular weight is 235 g/mol. The monoisotopic (exact) mass is 235 g/mol. The molecule has 0 aromatic carbocycles. The van der Waals surface area contributed by atoms with Gasteiger partial charge in [0.25, 0.3) is 0 Å². The zero-order valence-corrected chi connectivity index (χ0v) is 11.2. The molecule has 1 aromatic heterocycles. The minimum atomic E-state index is -0.414. The van der Waals surface area contributed by atoms with Crippen LogP contribution in [-0.2, 0) is 4.79 Å². The molecule has 17 heavy (non-hydrogen) atoms. The Morgan fingerprint density at radius 3 is 2.35 bits per heavy atom. The van der Waals surface area contributed by atoms with Gasteiger partial charge in [0.15, 0.2) is 0 Å². The number of carbonyl (C=O) groups excluding carboxylic acids is 1. The molecule has 1 heterocycles. The number of amides is 1. The largest absolute Gasteiger partial charge is 0.368 e. The molecule has 0 spiro atoms. The molecule has 1 amide bonds. The van der Waals surface area contributed by atoms with Crippen LogP contribution in [0.2, 0.25) is 0 Å². The van der Waals surface area contributed by atoms with Crippen molar-refractivity contribution in [2.75, 3.05) is 10.6 Å². The van der Waals surface area contributed by atoms with Crippen LogP contribution in [0.4, 0.5) is 11.6 Å². The number of pyridine rings is 1. The maximum absolute atomic E-state index is 11.8. The molecule has 0 aliphatic carbocycles. The van der Waals surface area contributed by atoms with E-state index < -0.39 is 5.41 Å². The van der Waals surface area contributed by atoms with Gasteiger partial charge in [0.1, 0.15) is 11.6 Å². The summed E-state index contributed by atoms with van der Waals surface area (Å²) in [5, 5.41) is 6.00. The van der Waals surface area contributed by atoms with Crippen LogP contribution >= 0.6 is 0 Å². The minimum absolute atomic E-state index is 0.0355. The van der Waals surface area contributed by atoms with E-state index in [4.69, 9.17) is 0 Å². The number of carbonyl (C=O) groups is 1. The average Bonchev–Trinajstić information content (AvgIpc) is 2.15. The van der Waals surface area contributed by atoms with E-state index in [0.29, 0.717) is 11.9 Å². The summed E-state index contributed by atoms with van der Waals surface area (Å²) in [4.78, 5) is 16.1. The second-order valence-electron chi connectivity index (χ2n) is 5.41. The van der Waals surface area contributed by atoms with Crippen molar-refractivity contribution < 1.29 is 4.79 Å². The van der Waals surface area contributed by atoms with Crippen LogP contribution in [0.15, 0.2) is 18.2 Å². The van der Waals surface area contributed by atoms with E-state index in [1.165, 1.54) is 0 Å². The van der Waals surface area contributed by atoms with Crippen LogP contribution < -0.4 is 10.6 Å². The molecule has 4 nitrogen and oxygen atoms in total. The zero-order valence-electron chi connectivity index (χ0n) is 11.2.